The van der Waals surface area contributed by atoms with Gasteiger partial charge in [0.25, 0.3) is 5.56 Å². The maximum atomic E-state index is 12.3. The molecule has 1 fully saturated rings. The zero-order valence-electron chi connectivity index (χ0n) is 12.1. The number of H-pyrrole nitrogens is 1. The zero-order valence-corrected chi connectivity index (χ0v) is 12.9. The lowest BCUT2D eigenvalue weighted by Crippen LogP contribution is -2.54. The summed E-state index contributed by atoms with van der Waals surface area (Å²) < 4.78 is 1.27. The third-order valence-electron chi connectivity index (χ3n) is 3.96. The van der Waals surface area contributed by atoms with Crippen molar-refractivity contribution in [2.75, 3.05) is 33.7 Å². The second kappa shape index (κ2) is 6.11. The van der Waals surface area contributed by atoms with Gasteiger partial charge >= 0.3 is 5.69 Å². The summed E-state index contributed by atoms with van der Waals surface area (Å²) in [5.41, 5.74) is -0.236. The molecule has 1 aliphatic rings. The van der Waals surface area contributed by atoms with Gasteiger partial charge in [-0.1, -0.05) is 18.5 Å². The Kier molecular flexibility index (Phi) is 4.67. The quantitative estimate of drug-likeness (QED) is 0.798. The molecule has 0 aromatic carbocycles. The van der Waals surface area contributed by atoms with Gasteiger partial charge in [-0.3, -0.25) is 19.2 Å². The first-order valence-electron chi connectivity index (χ1n) is 6.84. The van der Waals surface area contributed by atoms with E-state index >= 15 is 0 Å². The summed E-state index contributed by atoms with van der Waals surface area (Å²) in [6.45, 7) is 5.01. The Balaban J connectivity index is 2.34. The van der Waals surface area contributed by atoms with Crippen molar-refractivity contribution in [3.8, 4) is 0 Å². The number of hydrogen-bond donors (Lipinski definition) is 1. The van der Waals surface area contributed by atoms with Crippen molar-refractivity contribution in [1.82, 2.24) is 19.4 Å². The molecule has 2 heterocycles. The molecule has 1 aromatic rings. The summed E-state index contributed by atoms with van der Waals surface area (Å²) in [6, 6.07) is 0.151. The Morgan fingerprint density at radius 3 is 2.65 bits per heavy atom. The summed E-state index contributed by atoms with van der Waals surface area (Å²) in [6.07, 6.45) is 0.509. The van der Waals surface area contributed by atoms with Gasteiger partial charge in [-0.25, -0.2) is 4.79 Å². The molecular formula is C13H21ClN4O2. The molecule has 1 aromatic heterocycles. The number of aromatic nitrogens is 2. The highest BCUT2D eigenvalue weighted by Crippen LogP contribution is 2.09. The minimum absolute atomic E-state index is 0.151. The molecule has 6 nitrogen and oxygen atoms in total. The topological polar surface area (TPSA) is 61.3 Å². The SMILES string of the molecule is CCc1c(Cl)[nH]c(=O)n(CC2CN(C)CCN2C)c1=O. The van der Waals surface area contributed by atoms with E-state index in [2.05, 4.69) is 14.8 Å². The van der Waals surface area contributed by atoms with Crippen LogP contribution in [0.4, 0.5) is 0 Å². The molecule has 0 saturated carbocycles. The van der Waals surface area contributed by atoms with Crippen LogP contribution in [-0.2, 0) is 13.0 Å². The van der Waals surface area contributed by atoms with Crippen molar-refractivity contribution in [1.29, 1.82) is 0 Å². The van der Waals surface area contributed by atoms with Crippen LogP contribution in [0, 0.1) is 0 Å². The van der Waals surface area contributed by atoms with E-state index in [9.17, 15) is 9.59 Å². The van der Waals surface area contributed by atoms with Crippen molar-refractivity contribution >= 4 is 11.6 Å². The van der Waals surface area contributed by atoms with Crippen LogP contribution < -0.4 is 11.2 Å². The van der Waals surface area contributed by atoms with E-state index in [0.717, 1.165) is 19.6 Å². The minimum Gasteiger partial charge on any atom is -0.303 e. The number of nitrogens with zero attached hydrogens (tertiary/aromatic N) is 3. The lowest BCUT2D eigenvalue weighted by molar-refractivity contribution is 0.101. The molecule has 1 saturated heterocycles. The zero-order chi connectivity index (χ0) is 14.9. The largest absolute Gasteiger partial charge is 0.329 e. The molecule has 112 valence electrons. The third-order valence-corrected chi connectivity index (χ3v) is 4.28. The van der Waals surface area contributed by atoms with Gasteiger partial charge < -0.3 is 4.90 Å². The van der Waals surface area contributed by atoms with Crippen LogP contribution in [-0.4, -0.2) is 59.1 Å². The first-order valence-corrected chi connectivity index (χ1v) is 7.22. The molecule has 0 radical (unpaired) electrons. The van der Waals surface area contributed by atoms with Gasteiger partial charge in [0.05, 0.1) is 5.56 Å². The Labute approximate surface area is 123 Å². The van der Waals surface area contributed by atoms with Crippen LogP contribution in [0.15, 0.2) is 9.59 Å². The molecule has 1 atom stereocenters. The molecule has 2 rings (SSSR count). The number of piperazine rings is 1. The summed E-state index contributed by atoms with van der Waals surface area (Å²) in [7, 11) is 4.07. The maximum absolute atomic E-state index is 12.3. The van der Waals surface area contributed by atoms with Gasteiger partial charge in [0.1, 0.15) is 5.15 Å². The fraction of sp³-hybridized carbons (Fsp3) is 0.692. The fourth-order valence-electron chi connectivity index (χ4n) is 2.57. The van der Waals surface area contributed by atoms with Crippen molar-refractivity contribution in [3.05, 3.63) is 31.6 Å². The van der Waals surface area contributed by atoms with Crippen LogP contribution >= 0.6 is 11.6 Å². The second-order valence-electron chi connectivity index (χ2n) is 5.39. The highest BCUT2D eigenvalue weighted by atomic mass is 35.5. The number of rotatable bonds is 3. The Morgan fingerprint density at radius 2 is 2.00 bits per heavy atom. The van der Waals surface area contributed by atoms with Crippen molar-refractivity contribution < 1.29 is 0 Å². The molecule has 1 unspecified atom stereocenters. The van der Waals surface area contributed by atoms with E-state index in [4.69, 9.17) is 11.6 Å². The number of hydrogen-bond acceptors (Lipinski definition) is 4. The number of halogens is 1. The van der Waals surface area contributed by atoms with Crippen molar-refractivity contribution in [2.24, 2.45) is 0 Å². The molecule has 1 N–H and O–H groups in total. The first-order chi connectivity index (χ1) is 9.43. The lowest BCUT2D eigenvalue weighted by atomic mass is 10.2. The van der Waals surface area contributed by atoms with E-state index in [1.165, 1.54) is 4.57 Å². The van der Waals surface area contributed by atoms with Gasteiger partial charge in [-0.2, -0.15) is 0 Å². The normalized spacial score (nSPS) is 21.3. The molecule has 1 aliphatic heterocycles. The van der Waals surface area contributed by atoms with E-state index in [1.807, 2.05) is 21.0 Å². The highest BCUT2D eigenvalue weighted by Gasteiger charge is 2.24. The summed E-state index contributed by atoms with van der Waals surface area (Å²) in [5.74, 6) is 0. The molecule has 0 spiro atoms. The van der Waals surface area contributed by atoms with Crippen molar-refractivity contribution in [2.45, 2.75) is 25.9 Å². The van der Waals surface area contributed by atoms with Crippen LogP contribution in [0.1, 0.15) is 12.5 Å². The summed E-state index contributed by atoms with van der Waals surface area (Å²) >= 11 is 5.91. The predicted octanol–water partition coefficient (Wildman–Crippen LogP) is -0.00180. The van der Waals surface area contributed by atoms with Crippen LogP contribution in [0.2, 0.25) is 5.15 Å². The van der Waals surface area contributed by atoms with Crippen LogP contribution in [0.25, 0.3) is 0 Å². The summed E-state index contributed by atoms with van der Waals surface area (Å²) in [5, 5.41) is 0.160. The maximum Gasteiger partial charge on any atom is 0.329 e. The van der Waals surface area contributed by atoms with Gasteiger partial charge in [0.15, 0.2) is 0 Å². The van der Waals surface area contributed by atoms with Gasteiger partial charge in [-0.15, -0.1) is 0 Å². The Morgan fingerprint density at radius 1 is 1.30 bits per heavy atom. The fourth-order valence-corrected chi connectivity index (χ4v) is 2.86. The lowest BCUT2D eigenvalue weighted by Gasteiger charge is -2.37. The highest BCUT2D eigenvalue weighted by molar-refractivity contribution is 6.30. The molecule has 0 aliphatic carbocycles. The molecule has 7 heteroatoms. The first kappa shape index (κ1) is 15.3. The number of nitrogens with one attached hydrogen (secondary N) is 1. The average molecular weight is 301 g/mol. The Hall–Kier alpha value is -1.11. The van der Waals surface area contributed by atoms with Gasteiger partial charge in [-0.05, 0) is 20.5 Å². The standard InChI is InChI=1S/C13H21ClN4O2/c1-4-10-11(14)15-13(20)18(12(10)19)8-9-7-16(2)5-6-17(9)3/h9H,4-8H2,1-3H3,(H,15,20). The second-order valence-corrected chi connectivity index (χ2v) is 5.77. The average Bonchev–Trinajstić information content (AvgIpc) is 2.38. The monoisotopic (exact) mass is 300 g/mol. The van der Waals surface area contributed by atoms with E-state index < -0.39 is 5.69 Å². The van der Waals surface area contributed by atoms with Gasteiger partial charge in [0, 0.05) is 32.2 Å². The Bertz CT molecular complexity index is 595. The van der Waals surface area contributed by atoms with Crippen LogP contribution in [0.5, 0.6) is 0 Å². The van der Waals surface area contributed by atoms with E-state index in [1.54, 1.807) is 0 Å². The van der Waals surface area contributed by atoms with Crippen molar-refractivity contribution in [3.63, 3.8) is 0 Å². The third kappa shape index (κ3) is 2.97. The molecule has 0 amide bonds. The minimum atomic E-state index is -0.432. The van der Waals surface area contributed by atoms with Crippen LogP contribution in [0.3, 0.4) is 0 Å². The molecule has 20 heavy (non-hydrogen) atoms. The predicted molar refractivity (Wildman–Crippen MR) is 79.6 cm³/mol. The number of aromatic amines is 1. The van der Waals surface area contributed by atoms with E-state index in [0.29, 0.717) is 18.5 Å². The summed E-state index contributed by atoms with van der Waals surface area (Å²) in [4.78, 5) is 31.3. The molecule has 0 bridgehead atoms. The molecular weight excluding hydrogens is 280 g/mol. The van der Waals surface area contributed by atoms with E-state index in [-0.39, 0.29) is 16.8 Å². The smallest absolute Gasteiger partial charge is 0.303 e. The van der Waals surface area contributed by atoms with Gasteiger partial charge in [0.2, 0.25) is 0 Å². The number of likely N-dealkylation sites (N-methyl/N-ethyl adjacent to an activating group) is 2.